The van der Waals surface area contributed by atoms with Crippen LogP contribution in [-0.2, 0) is 9.59 Å². The number of rotatable bonds is 3. The molecule has 2 aliphatic carbocycles. The molecule has 2 bridgehead atoms. The number of carboxylic acids is 1. The molecule has 23 heavy (non-hydrogen) atoms. The molecule has 2 aliphatic rings. The van der Waals surface area contributed by atoms with Crippen LogP contribution >= 0.6 is 11.6 Å². The van der Waals surface area contributed by atoms with Gasteiger partial charge in [0.05, 0.1) is 11.8 Å². The van der Waals surface area contributed by atoms with Crippen LogP contribution in [0.5, 0.6) is 0 Å². The summed E-state index contributed by atoms with van der Waals surface area (Å²) in [5.74, 6) is -2.88. The molecule has 7 heteroatoms. The summed E-state index contributed by atoms with van der Waals surface area (Å²) < 4.78 is 0. The number of benzene rings is 1. The van der Waals surface area contributed by atoms with E-state index in [2.05, 4.69) is 10.9 Å². The molecule has 2 amide bonds. The Morgan fingerprint density at radius 2 is 1.61 bits per heavy atom. The first kappa shape index (κ1) is 15.8. The van der Waals surface area contributed by atoms with Crippen molar-refractivity contribution < 1.29 is 19.5 Å². The second-order valence-electron chi connectivity index (χ2n) is 6.17. The summed E-state index contributed by atoms with van der Waals surface area (Å²) in [5.41, 5.74) is 5.07. The minimum absolute atomic E-state index is 0.0696. The van der Waals surface area contributed by atoms with Gasteiger partial charge in [-0.1, -0.05) is 11.6 Å². The number of aliphatic carboxylic acids is 1. The fourth-order valence-corrected chi connectivity index (χ4v) is 4.03. The zero-order valence-corrected chi connectivity index (χ0v) is 13.0. The Bertz CT molecular complexity index is 646. The van der Waals surface area contributed by atoms with Crippen molar-refractivity contribution in [1.29, 1.82) is 0 Å². The fourth-order valence-electron chi connectivity index (χ4n) is 3.90. The Hall–Kier alpha value is -2.08. The number of hydrogen-bond donors (Lipinski definition) is 3. The van der Waals surface area contributed by atoms with E-state index in [0.717, 1.165) is 19.3 Å². The topological polar surface area (TPSA) is 95.5 Å². The van der Waals surface area contributed by atoms with Crippen LogP contribution in [0.2, 0.25) is 5.02 Å². The lowest BCUT2D eigenvalue weighted by molar-refractivity contribution is -0.149. The fraction of sp³-hybridized carbons (Fsp3) is 0.438. The molecule has 0 spiro atoms. The molecule has 1 aromatic rings. The van der Waals surface area contributed by atoms with E-state index < -0.39 is 29.6 Å². The zero-order chi connectivity index (χ0) is 16.6. The molecule has 6 nitrogen and oxygen atoms in total. The Morgan fingerprint density at radius 1 is 1.00 bits per heavy atom. The molecule has 2 fully saturated rings. The van der Waals surface area contributed by atoms with Gasteiger partial charge >= 0.3 is 5.97 Å². The van der Waals surface area contributed by atoms with Gasteiger partial charge in [-0.3, -0.25) is 25.2 Å². The van der Waals surface area contributed by atoms with Gasteiger partial charge in [0.2, 0.25) is 5.91 Å². The largest absolute Gasteiger partial charge is 0.481 e. The van der Waals surface area contributed by atoms with Crippen molar-refractivity contribution in [2.75, 3.05) is 0 Å². The third-order valence-electron chi connectivity index (χ3n) is 4.91. The highest BCUT2D eigenvalue weighted by Gasteiger charge is 2.54. The van der Waals surface area contributed by atoms with Crippen LogP contribution in [0.1, 0.15) is 29.6 Å². The highest BCUT2D eigenvalue weighted by atomic mass is 35.5. The average Bonchev–Trinajstić information content (AvgIpc) is 3.13. The zero-order valence-electron chi connectivity index (χ0n) is 12.3. The average molecular weight is 337 g/mol. The monoisotopic (exact) mass is 336 g/mol. The number of hydrogen-bond acceptors (Lipinski definition) is 3. The van der Waals surface area contributed by atoms with E-state index in [-0.39, 0.29) is 11.8 Å². The van der Waals surface area contributed by atoms with Crippen LogP contribution in [0.25, 0.3) is 0 Å². The lowest BCUT2D eigenvalue weighted by atomic mass is 9.79. The van der Waals surface area contributed by atoms with E-state index in [4.69, 9.17) is 11.6 Å². The summed E-state index contributed by atoms with van der Waals surface area (Å²) in [5, 5.41) is 9.87. The maximum atomic E-state index is 12.3. The number of hydrazine groups is 1. The first-order valence-corrected chi connectivity index (χ1v) is 7.93. The van der Waals surface area contributed by atoms with E-state index in [1.807, 2.05) is 0 Å². The molecule has 2 saturated carbocycles. The normalized spacial score (nSPS) is 28.4. The third kappa shape index (κ3) is 3.03. The predicted octanol–water partition coefficient (Wildman–Crippen LogP) is 1.85. The van der Waals surface area contributed by atoms with Crippen molar-refractivity contribution in [2.24, 2.45) is 23.7 Å². The van der Waals surface area contributed by atoms with Gasteiger partial charge in [0, 0.05) is 10.6 Å². The molecule has 0 saturated heterocycles. The third-order valence-corrected chi connectivity index (χ3v) is 5.16. The SMILES string of the molecule is O=C(NNC(=O)[C@H]1[C@H]2CC[C@H](C2)[C@H]1C(=O)O)c1ccc(Cl)cc1. The van der Waals surface area contributed by atoms with Crippen LogP contribution in [0, 0.1) is 23.7 Å². The molecular formula is C16H17ClN2O4. The highest BCUT2D eigenvalue weighted by molar-refractivity contribution is 6.30. The maximum Gasteiger partial charge on any atom is 0.307 e. The second kappa shape index (κ2) is 6.20. The molecule has 0 unspecified atom stereocenters. The van der Waals surface area contributed by atoms with Crippen molar-refractivity contribution in [3.8, 4) is 0 Å². The number of fused-ring (bicyclic) bond motifs is 2. The Labute approximate surface area is 138 Å². The van der Waals surface area contributed by atoms with Gasteiger partial charge in [0.1, 0.15) is 0 Å². The van der Waals surface area contributed by atoms with Gasteiger partial charge in [-0.05, 0) is 55.4 Å². The molecule has 4 atom stereocenters. The number of carbonyl (C=O) groups excluding carboxylic acids is 2. The van der Waals surface area contributed by atoms with Crippen molar-refractivity contribution in [3.63, 3.8) is 0 Å². The van der Waals surface area contributed by atoms with E-state index in [1.165, 1.54) is 0 Å². The van der Waals surface area contributed by atoms with Crippen LogP contribution in [0.15, 0.2) is 24.3 Å². The summed E-state index contributed by atoms with van der Waals surface area (Å²) in [6.07, 6.45) is 2.51. The molecule has 122 valence electrons. The van der Waals surface area contributed by atoms with Crippen molar-refractivity contribution in [1.82, 2.24) is 10.9 Å². The molecule has 3 rings (SSSR count). The number of carboxylic acid groups (broad SMARTS) is 1. The van der Waals surface area contributed by atoms with Gasteiger partial charge in [-0.25, -0.2) is 0 Å². The van der Waals surface area contributed by atoms with Gasteiger partial charge in [0.25, 0.3) is 5.91 Å². The molecule has 1 aromatic carbocycles. The predicted molar refractivity (Wildman–Crippen MR) is 82.5 cm³/mol. The Kier molecular flexibility index (Phi) is 4.26. The van der Waals surface area contributed by atoms with Gasteiger partial charge in [-0.15, -0.1) is 0 Å². The summed E-state index contributed by atoms with van der Waals surface area (Å²) >= 11 is 5.75. The van der Waals surface area contributed by atoms with E-state index in [0.29, 0.717) is 10.6 Å². The summed E-state index contributed by atoms with van der Waals surface area (Å²) in [6.45, 7) is 0. The van der Waals surface area contributed by atoms with Crippen LogP contribution < -0.4 is 10.9 Å². The molecule has 3 N–H and O–H groups in total. The smallest absolute Gasteiger partial charge is 0.307 e. The lowest BCUT2D eigenvalue weighted by Crippen LogP contribution is -2.48. The number of nitrogens with one attached hydrogen (secondary N) is 2. The minimum Gasteiger partial charge on any atom is -0.481 e. The van der Waals surface area contributed by atoms with E-state index in [1.54, 1.807) is 24.3 Å². The van der Waals surface area contributed by atoms with Crippen LogP contribution in [0.4, 0.5) is 0 Å². The molecule has 0 radical (unpaired) electrons. The lowest BCUT2D eigenvalue weighted by Gasteiger charge is -2.26. The van der Waals surface area contributed by atoms with Gasteiger partial charge < -0.3 is 5.11 Å². The maximum absolute atomic E-state index is 12.3. The molecule has 0 aliphatic heterocycles. The van der Waals surface area contributed by atoms with Crippen LogP contribution in [-0.4, -0.2) is 22.9 Å². The van der Waals surface area contributed by atoms with E-state index in [9.17, 15) is 19.5 Å². The van der Waals surface area contributed by atoms with Crippen LogP contribution in [0.3, 0.4) is 0 Å². The van der Waals surface area contributed by atoms with Crippen molar-refractivity contribution in [3.05, 3.63) is 34.9 Å². The van der Waals surface area contributed by atoms with Crippen molar-refractivity contribution in [2.45, 2.75) is 19.3 Å². The van der Waals surface area contributed by atoms with E-state index >= 15 is 0 Å². The molecule has 0 heterocycles. The first-order valence-electron chi connectivity index (χ1n) is 7.56. The molecular weight excluding hydrogens is 320 g/mol. The minimum atomic E-state index is -0.929. The summed E-state index contributed by atoms with van der Waals surface area (Å²) in [4.78, 5) is 35.7. The summed E-state index contributed by atoms with van der Waals surface area (Å²) in [7, 11) is 0. The standard InChI is InChI=1S/C16H17ClN2O4/c17-11-5-3-8(4-6-11)14(20)18-19-15(21)12-9-1-2-10(7-9)13(12)16(22)23/h3-6,9-10,12-13H,1-2,7H2,(H,18,20)(H,19,21)(H,22,23)/t9-,10+,12-,13+/m0/s1. The number of carbonyl (C=O) groups is 3. The quantitative estimate of drug-likeness (QED) is 0.734. The van der Waals surface area contributed by atoms with Crippen molar-refractivity contribution >= 4 is 29.4 Å². The summed E-state index contributed by atoms with van der Waals surface area (Å²) in [6, 6.07) is 6.24. The Morgan fingerprint density at radius 3 is 2.22 bits per heavy atom. The molecule has 0 aromatic heterocycles. The first-order chi connectivity index (χ1) is 11.0. The Balaban J connectivity index is 1.62. The van der Waals surface area contributed by atoms with Gasteiger partial charge in [0.15, 0.2) is 0 Å². The second-order valence-corrected chi connectivity index (χ2v) is 6.61. The highest BCUT2D eigenvalue weighted by Crippen LogP contribution is 2.52. The van der Waals surface area contributed by atoms with Gasteiger partial charge in [-0.2, -0.15) is 0 Å². The number of halogens is 1. The number of amides is 2.